The van der Waals surface area contributed by atoms with Gasteiger partial charge in [0.2, 0.25) is 0 Å². The van der Waals surface area contributed by atoms with Crippen molar-refractivity contribution in [3.63, 3.8) is 0 Å². The maximum Gasteiger partial charge on any atom is 0.282 e. The van der Waals surface area contributed by atoms with Gasteiger partial charge in [-0.15, -0.1) is 0 Å². The molecule has 0 fully saturated rings. The first-order valence-electron chi connectivity index (χ1n) is 10.9. The minimum atomic E-state index is -0.218. The molecule has 0 aliphatic heterocycles. The summed E-state index contributed by atoms with van der Waals surface area (Å²) in [6.45, 7) is 2.34. The number of aromatic nitrogens is 2. The van der Waals surface area contributed by atoms with E-state index < -0.39 is 0 Å². The number of rotatable bonds is 8. The van der Waals surface area contributed by atoms with Gasteiger partial charge in [0, 0.05) is 10.9 Å². The highest BCUT2D eigenvalue weighted by Gasteiger charge is 2.11. The lowest BCUT2D eigenvalue weighted by Gasteiger charge is -2.12. The van der Waals surface area contributed by atoms with Crippen LogP contribution in [0.2, 0.25) is 10.0 Å². The SMILES string of the molecule is CCCc1nc2ccc(Br)cc2c(=O)n1N=Cc1ccc(OCc2ccc(Cl)c(Cl)c2)c(OC)c1. The summed E-state index contributed by atoms with van der Waals surface area (Å²) in [5.41, 5.74) is 2.06. The molecule has 1 aromatic heterocycles. The zero-order chi connectivity index (χ0) is 24.9. The Morgan fingerprint density at radius 1 is 1.06 bits per heavy atom. The second-order valence-corrected chi connectivity index (χ2v) is 9.48. The van der Waals surface area contributed by atoms with Gasteiger partial charge < -0.3 is 9.47 Å². The van der Waals surface area contributed by atoms with Crippen molar-refractivity contribution < 1.29 is 9.47 Å². The lowest BCUT2D eigenvalue weighted by molar-refractivity contribution is 0.284. The van der Waals surface area contributed by atoms with Crippen molar-refractivity contribution in [2.24, 2.45) is 5.10 Å². The predicted octanol–water partition coefficient (Wildman–Crippen LogP) is 6.89. The molecule has 180 valence electrons. The van der Waals surface area contributed by atoms with E-state index in [0.717, 1.165) is 22.0 Å². The molecule has 9 heteroatoms. The molecule has 0 amide bonds. The molecule has 35 heavy (non-hydrogen) atoms. The number of methoxy groups -OCH3 is 1. The normalized spacial score (nSPS) is 11.3. The predicted molar refractivity (Wildman–Crippen MR) is 144 cm³/mol. The van der Waals surface area contributed by atoms with E-state index in [0.29, 0.717) is 51.3 Å². The Morgan fingerprint density at radius 3 is 2.63 bits per heavy atom. The molecule has 0 atom stereocenters. The van der Waals surface area contributed by atoms with Gasteiger partial charge >= 0.3 is 0 Å². The Labute approximate surface area is 221 Å². The van der Waals surface area contributed by atoms with Gasteiger partial charge in [-0.3, -0.25) is 4.79 Å². The molecule has 0 saturated carbocycles. The lowest BCUT2D eigenvalue weighted by Crippen LogP contribution is -2.22. The lowest BCUT2D eigenvalue weighted by atomic mass is 10.2. The van der Waals surface area contributed by atoms with Gasteiger partial charge in [-0.2, -0.15) is 9.78 Å². The summed E-state index contributed by atoms with van der Waals surface area (Å²) in [7, 11) is 1.57. The largest absolute Gasteiger partial charge is 0.493 e. The second-order valence-electron chi connectivity index (χ2n) is 7.75. The van der Waals surface area contributed by atoms with E-state index in [9.17, 15) is 4.79 Å². The first kappa shape index (κ1) is 25.2. The summed E-state index contributed by atoms with van der Waals surface area (Å²) in [6.07, 6.45) is 3.07. The Kier molecular flexibility index (Phi) is 8.11. The van der Waals surface area contributed by atoms with Crippen LogP contribution in [0.15, 0.2) is 69.0 Å². The molecule has 0 N–H and O–H groups in total. The van der Waals surface area contributed by atoms with E-state index >= 15 is 0 Å². The van der Waals surface area contributed by atoms with E-state index in [1.807, 2.05) is 31.2 Å². The van der Waals surface area contributed by atoms with E-state index in [1.54, 1.807) is 43.7 Å². The Morgan fingerprint density at radius 2 is 1.89 bits per heavy atom. The Balaban J connectivity index is 1.61. The third-order valence-corrected chi connectivity index (χ3v) is 6.47. The molecule has 0 aliphatic rings. The van der Waals surface area contributed by atoms with Crippen molar-refractivity contribution in [1.29, 1.82) is 0 Å². The molecular formula is C26H22BrCl2N3O3. The molecule has 0 saturated heterocycles. The van der Waals surface area contributed by atoms with Crippen molar-refractivity contribution >= 4 is 56.2 Å². The summed E-state index contributed by atoms with van der Waals surface area (Å²) in [5.74, 6) is 1.71. The number of nitrogens with zero attached hydrogens (tertiary/aromatic N) is 3. The maximum atomic E-state index is 13.2. The summed E-state index contributed by atoms with van der Waals surface area (Å²) < 4.78 is 13.6. The van der Waals surface area contributed by atoms with Gasteiger partial charge in [-0.1, -0.05) is 52.1 Å². The smallest absolute Gasteiger partial charge is 0.282 e. The minimum Gasteiger partial charge on any atom is -0.493 e. The van der Waals surface area contributed by atoms with E-state index in [-0.39, 0.29) is 5.56 Å². The number of hydrogen-bond donors (Lipinski definition) is 0. The molecule has 0 unspecified atom stereocenters. The third kappa shape index (κ3) is 5.86. The van der Waals surface area contributed by atoms with Crippen molar-refractivity contribution in [3.05, 3.63) is 96.4 Å². The van der Waals surface area contributed by atoms with Crippen LogP contribution in [0, 0.1) is 0 Å². The zero-order valence-electron chi connectivity index (χ0n) is 19.1. The molecule has 1 heterocycles. The van der Waals surface area contributed by atoms with Gasteiger partial charge in [0.25, 0.3) is 5.56 Å². The monoisotopic (exact) mass is 573 g/mol. The van der Waals surface area contributed by atoms with Crippen molar-refractivity contribution in [2.45, 2.75) is 26.4 Å². The number of aryl methyl sites for hydroxylation is 1. The number of hydrogen-bond acceptors (Lipinski definition) is 5. The fourth-order valence-corrected chi connectivity index (χ4v) is 4.18. The molecule has 4 aromatic rings. The first-order valence-corrected chi connectivity index (χ1v) is 12.4. The fourth-order valence-electron chi connectivity index (χ4n) is 3.50. The van der Waals surface area contributed by atoms with Crippen molar-refractivity contribution in [2.75, 3.05) is 7.11 Å². The molecule has 0 bridgehead atoms. The van der Waals surface area contributed by atoms with Gasteiger partial charge in [0.15, 0.2) is 11.5 Å². The summed E-state index contributed by atoms with van der Waals surface area (Å²) in [4.78, 5) is 17.8. The molecule has 0 spiro atoms. The fraction of sp³-hybridized carbons (Fsp3) is 0.192. The summed E-state index contributed by atoms with van der Waals surface area (Å²) >= 11 is 15.5. The number of ether oxygens (including phenoxy) is 2. The van der Waals surface area contributed by atoms with E-state index in [4.69, 9.17) is 32.7 Å². The zero-order valence-corrected chi connectivity index (χ0v) is 22.2. The third-order valence-electron chi connectivity index (χ3n) is 5.24. The van der Waals surface area contributed by atoms with Crippen LogP contribution in [0.25, 0.3) is 10.9 Å². The highest BCUT2D eigenvalue weighted by atomic mass is 79.9. The summed E-state index contributed by atoms with van der Waals surface area (Å²) in [5, 5.41) is 5.93. The van der Waals surface area contributed by atoms with Crippen LogP contribution < -0.4 is 15.0 Å². The molecule has 0 aliphatic carbocycles. The van der Waals surface area contributed by atoms with Crippen LogP contribution in [0.4, 0.5) is 0 Å². The van der Waals surface area contributed by atoms with Crippen LogP contribution in [-0.4, -0.2) is 23.0 Å². The molecule has 3 aromatic carbocycles. The van der Waals surface area contributed by atoms with Crippen LogP contribution in [0.5, 0.6) is 11.5 Å². The second kappa shape index (κ2) is 11.2. The molecule has 6 nitrogen and oxygen atoms in total. The number of halogens is 3. The topological polar surface area (TPSA) is 65.7 Å². The average molecular weight is 575 g/mol. The van der Waals surface area contributed by atoms with Gasteiger partial charge in [0.05, 0.1) is 34.3 Å². The number of benzene rings is 3. The van der Waals surface area contributed by atoms with E-state index in [2.05, 4.69) is 26.0 Å². The molecule has 4 rings (SSSR count). The minimum absolute atomic E-state index is 0.218. The highest BCUT2D eigenvalue weighted by Crippen LogP contribution is 2.29. The van der Waals surface area contributed by atoms with Crippen molar-refractivity contribution in [3.8, 4) is 11.5 Å². The van der Waals surface area contributed by atoms with Gasteiger partial charge in [-0.25, -0.2) is 4.98 Å². The summed E-state index contributed by atoms with van der Waals surface area (Å²) in [6, 6.07) is 16.2. The van der Waals surface area contributed by atoms with Gasteiger partial charge in [-0.05, 0) is 66.1 Å². The van der Waals surface area contributed by atoms with Crippen LogP contribution in [0.1, 0.15) is 30.3 Å². The quantitative estimate of drug-likeness (QED) is 0.215. The Bertz CT molecular complexity index is 1470. The first-order chi connectivity index (χ1) is 16.9. The molecular weight excluding hydrogens is 553 g/mol. The van der Waals surface area contributed by atoms with Crippen LogP contribution in [0.3, 0.4) is 0 Å². The number of fused-ring (bicyclic) bond motifs is 1. The van der Waals surface area contributed by atoms with E-state index in [1.165, 1.54) is 4.68 Å². The highest BCUT2D eigenvalue weighted by molar-refractivity contribution is 9.10. The standard InChI is InChI=1S/C26H22BrCl2N3O3/c1-3-4-25-31-22-9-7-18(27)13-19(22)26(33)32(25)30-14-16-6-10-23(24(12-16)34-2)35-15-17-5-8-20(28)21(29)11-17/h5-14H,3-4,15H2,1-2H3. The van der Waals surface area contributed by atoms with Crippen LogP contribution in [-0.2, 0) is 13.0 Å². The Hall–Kier alpha value is -2.87. The van der Waals surface area contributed by atoms with Crippen LogP contribution >= 0.6 is 39.1 Å². The average Bonchev–Trinajstić information content (AvgIpc) is 2.85. The molecule has 0 radical (unpaired) electrons. The van der Waals surface area contributed by atoms with Gasteiger partial charge in [0.1, 0.15) is 12.4 Å². The van der Waals surface area contributed by atoms with Crippen molar-refractivity contribution in [1.82, 2.24) is 9.66 Å². The maximum absolute atomic E-state index is 13.2.